The molecule has 0 saturated heterocycles. The van der Waals surface area contributed by atoms with Crippen molar-refractivity contribution in [1.29, 1.82) is 0 Å². The van der Waals surface area contributed by atoms with Crippen molar-refractivity contribution in [3.05, 3.63) is 23.8 Å². The van der Waals surface area contributed by atoms with E-state index in [1.54, 1.807) is 0 Å². The Morgan fingerprint density at radius 2 is 1.22 bits per heavy atom. The second kappa shape index (κ2) is 18.3. The molecule has 32 heavy (non-hydrogen) atoms. The Kier molecular flexibility index (Phi) is 15.9. The van der Waals surface area contributed by atoms with Gasteiger partial charge in [-0.2, -0.15) is 0 Å². The number of hydrogen-bond donors (Lipinski definition) is 4. The van der Waals surface area contributed by atoms with Gasteiger partial charge in [0.05, 0.1) is 11.3 Å². The molecule has 0 unspecified atom stereocenters. The van der Waals surface area contributed by atoms with E-state index in [2.05, 4.69) is 17.6 Å². The van der Waals surface area contributed by atoms with Crippen LogP contribution in [0.2, 0.25) is 0 Å². The zero-order chi connectivity index (χ0) is 23.4. The second-order valence-corrected chi connectivity index (χ2v) is 8.72. The summed E-state index contributed by atoms with van der Waals surface area (Å²) in [5, 5.41) is 24.0. The third-order valence-electron chi connectivity index (χ3n) is 5.81. The Bertz CT molecular complexity index is 649. The lowest BCUT2D eigenvalue weighted by molar-refractivity contribution is 0.0696. The number of carbonyl (C=O) groups is 2. The van der Waals surface area contributed by atoms with Crippen molar-refractivity contribution in [3.63, 3.8) is 0 Å². The summed E-state index contributed by atoms with van der Waals surface area (Å²) >= 11 is 0. The number of benzene rings is 1. The largest absolute Gasteiger partial charge is 0.506 e. The fraction of sp³-hybridized carbons (Fsp3) is 0.692. The predicted octanol–water partition coefficient (Wildman–Crippen LogP) is 7.47. The van der Waals surface area contributed by atoms with Crippen LogP contribution in [0.25, 0.3) is 0 Å². The van der Waals surface area contributed by atoms with E-state index < -0.39 is 12.0 Å². The molecule has 0 spiro atoms. The molecule has 1 rings (SSSR count). The van der Waals surface area contributed by atoms with Crippen LogP contribution in [0, 0.1) is 0 Å². The zero-order valence-corrected chi connectivity index (χ0v) is 20.0. The molecule has 0 aliphatic rings. The van der Waals surface area contributed by atoms with Crippen LogP contribution in [0.1, 0.15) is 120 Å². The smallest absolute Gasteiger partial charge is 0.335 e. The van der Waals surface area contributed by atoms with Crippen molar-refractivity contribution < 1.29 is 19.8 Å². The molecule has 0 heterocycles. The van der Waals surface area contributed by atoms with Crippen LogP contribution in [-0.4, -0.2) is 28.8 Å². The lowest BCUT2D eigenvalue weighted by Crippen LogP contribution is -2.29. The molecule has 182 valence electrons. The molecule has 0 fully saturated rings. The number of carboxylic acids is 1. The first kappa shape index (κ1) is 27.8. The van der Waals surface area contributed by atoms with Crippen LogP contribution in [0.15, 0.2) is 18.2 Å². The highest BCUT2D eigenvalue weighted by Gasteiger charge is 2.09. The SMILES string of the molecule is CCCCCCCCCCCCCCCCCCNC(=O)Nc1ccc(C(=O)O)cc1O. The van der Waals surface area contributed by atoms with Crippen molar-refractivity contribution in [2.75, 3.05) is 11.9 Å². The standard InChI is InChI=1S/C26H44N2O4/c1-2-3-4-5-6-7-8-9-10-11-12-13-14-15-16-17-20-27-26(32)28-23-19-18-22(25(30)31)21-24(23)29/h18-19,21,29H,2-17,20H2,1H3,(H,30,31)(H2,27,28,32). The van der Waals surface area contributed by atoms with Gasteiger partial charge in [0.25, 0.3) is 0 Å². The van der Waals surface area contributed by atoms with Crippen LogP contribution in [-0.2, 0) is 0 Å². The number of amides is 2. The van der Waals surface area contributed by atoms with Crippen LogP contribution < -0.4 is 10.6 Å². The molecule has 1 aromatic carbocycles. The van der Waals surface area contributed by atoms with Gasteiger partial charge in [-0.3, -0.25) is 0 Å². The summed E-state index contributed by atoms with van der Waals surface area (Å²) in [6.45, 7) is 2.85. The maximum atomic E-state index is 11.9. The number of phenols is 1. The highest BCUT2D eigenvalue weighted by Crippen LogP contribution is 2.24. The summed E-state index contributed by atoms with van der Waals surface area (Å²) in [7, 11) is 0. The first-order valence-corrected chi connectivity index (χ1v) is 12.7. The van der Waals surface area contributed by atoms with E-state index >= 15 is 0 Å². The quantitative estimate of drug-likeness (QED) is 0.130. The first-order valence-electron chi connectivity index (χ1n) is 12.7. The number of nitrogens with one attached hydrogen (secondary N) is 2. The van der Waals surface area contributed by atoms with Crippen LogP contribution in [0.4, 0.5) is 10.5 Å². The number of hydrogen-bond acceptors (Lipinski definition) is 3. The fourth-order valence-electron chi connectivity index (χ4n) is 3.81. The maximum absolute atomic E-state index is 11.9. The van der Waals surface area contributed by atoms with Crippen LogP contribution in [0.3, 0.4) is 0 Å². The molecular weight excluding hydrogens is 404 g/mol. The van der Waals surface area contributed by atoms with E-state index in [0.717, 1.165) is 18.9 Å². The van der Waals surface area contributed by atoms with Gasteiger partial charge in [-0.15, -0.1) is 0 Å². The van der Waals surface area contributed by atoms with E-state index in [-0.39, 0.29) is 17.0 Å². The molecule has 0 saturated carbocycles. The number of rotatable bonds is 19. The number of carbonyl (C=O) groups excluding carboxylic acids is 1. The molecule has 6 heteroatoms. The Hall–Kier alpha value is -2.24. The zero-order valence-electron chi connectivity index (χ0n) is 20.0. The molecule has 0 radical (unpaired) electrons. The molecule has 2 amide bonds. The molecule has 6 nitrogen and oxygen atoms in total. The van der Waals surface area contributed by atoms with Crippen molar-refractivity contribution in [1.82, 2.24) is 5.32 Å². The van der Waals surface area contributed by atoms with Crippen molar-refractivity contribution >= 4 is 17.7 Å². The van der Waals surface area contributed by atoms with Gasteiger partial charge >= 0.3 is 12.0 Å². The Labute approximate surface area is 194 Å². The third-order valence-corrected chi connectivity index (χ3v) is 5.81. The monoisotopic (exact) mass is 448 g/mol. The second-order valence-electron chi connectivity index (χ2n) is 8.72. The summed E-state index contributed by atoms with van der Waals surface area (Å²) in [5.74, 6) is -1.39. The minimum atomic E-state index is -1.13. The van der Waals surface area contributed by atoms with Gasteiger partial charge in [0.1, 0.15) is 5.75 Å². The van der Waals surface area contributed by atoms with Gasteiger partial charge in [0.15, 0.2) is 0 Å². The fourth-order valence-corrected chi connectivity index (χ4v) is 3.81. The van der Waals surface area contributed by atoms with Gasteiger partial charge in [0.2, 0.25) is 0 Å². The highest BCUT2D eigenvalue weighted by molar-refractivity contribution is 5.93. The third kappa shape index (κ3) is 13.9. The Balaban J connectivity index is 1.90. The van der Waals surface area contributed by atoms with Crippen molar-refractivity contribution in [3.8, 4) is 5.75 Å². The predicted molar refractivity (Wildman–Crippen MR) is 132 cm³/mol. The van der Waals surface area contributed by atoms with Gasteiger partial charge in [-0.05, 0) is 24.6 Å². The van der Waals surface area contributed by atoms with Crippen LogP contribution in [0.5, 0.6) is 5.75 Å². The average molecular weight is 449 g/mol. The summed E-state index contributed by atoms with van der Waals surface area (Å²) in [6.07, 6.45) is 21.0. The summed E-state index contributed by atoms with van der Waals surface area (Å²) in [6, 6.07) is 3.44. The maximum Gasteiger partial charge on any atom is 0.335 e. The highest BCUT2D eigenvalue weighted by atomic mass is 16.4. The number of aromatic carboxylic acids is 1. The molecule has 0 bridgehead atoms. The van der Waals surface area contributed by atoms with Crippen molar-refractivity contribution in [2.24, 2.45) is 0 Å². The van der Waals surface area contributed by atoms with Gasteiger partial charge in [-0.25, -0.2) is 9.59 Å². The number of aromatic hydroxyl groups is 1. The van der Waals surface area contributed by atoms with Crippen LogP contribution >= 0.6 is 0 Å². The lowest BCUT2D eigenvalue weighted by atomic mass is 10.0. The van der Waals surface area contributed by atoms with E-state index in [9.17, 15) is 14.7 Å². The molecule has 4 N–H and O–H groups in total. The van der Waals surface area contributed by atoms with Gasteiger partial charge < -0.3 is 20.8 Å². The van der Waals surface area contributed by atoms with E-state index in [0.29, 0.717) is 6.54 Å². The number of carboxylic acid groups (broad SMARTS) is 1. The number of anilines is 1. The van der Waals surface area contributed by atoms with E-state index in [4.69, 9.17) is 5.11 Å². The van der Waals surface area contributed by atoms with Gasteiger partial charge in [-0.1, -0.05) is 103 Å². The molecule has 0 atom stereocenters. The van der Waals surface area contributed by atoms with E-state index in [1.165, 1.54) is 102 Å². The Morgan fingerprint density at radius 3 is 1.66 bits per heavy atom. The minimum absolute atomic E-state index is 0.0263. The summed E-state index contributed by atoms with van der Waals surface area (Å²) in [5.41, 5.74) is 0.168. The van der Waals surface area contributed by atoms with E-state index in [1.807, 2.05) is 0 Å². The minimum Gasteiger partial charge on any atom is -0.506 e. The number of phenolic OH excluding ortho intramolecular Hbond substituents is 1. The molecule has 0 aliphatic heterocycles. The summed E-state index contributed by atoms with van der Waals surface area (Å²) < 4.78 is 0. The van der Waals surface area contributed by atoms with Gasteiger partial charge in [0, 0.05) is 6.54 Å². The lowest BCUT2D eigenvalue weighted by Gasteiger charge is -2.09. The number of unbranched alkanes of at least 4 members (excludes halogenated alkanes) is 15. The Morgan fingerprint density at radius 1 is 0.750 bits per heavy atom. The molecule has 0 aromatic heterocycles. The summed E-state index contributed by atoms with van der Waals surface area (Å²) in [4.78, 5) is 22.8. The topological polar surface area (TPSA) is 98.7 Å². The average Bonchev–Trinajstić information content (AvgIpc) is 2.77. The normalized spacial score (nSPS) is 10.8. The molecule has 0 aliphatic carbocycles. The first-order chi connectivity index (χ1) is 15.5. The van der Waals surface area contributed by atoms with Crippen molar-refractivity contribution in [2.45, 2.75) is 110 Å². The number of urea groups is 1. The molecule has 1 aromatic rings. The molecular formula is C26H44N2O4.